The number of nitriles is 1. The van der Waals surface area contributed by atoms with Crippen molar-refractivity contribution in [2.75, 3.05) is 5.32 Å². The normalized spacial score (nSPS) is 11.8. The topological polar surface area (TPSA) is 53.6 Å². The average molecular weight is 230 g/mol. The van der Waals surface area contributed by atoms with Gasteiger partial charge in [0.05, 0.1) is 24.3 Å². The third kappa shape index (κ3) is 2.42. The Labute approximate surface area is 98.3 Å². The van der Waals surface area contributed by atoms with Crippen LogP contribution in [0.4, 0.5) is 10.1 Å². The second kappa shape index (κ2) is 4.66. The Morgan fingerprint density at radius 2 is 2.35 bits per heavy atom. The summed E-state index contributed by atoms with van der Waals surface area (Å²) < 4.78 is 14.8. The summed E-state index contributed by atoms with van der Waals surface area (Å²) in [6, 6.07) is 7.58. The lowest BCUT2D eigenvalue weighted by Gasteiger charge is -2.13. The number of halogens is 1. The van der Waals surface area contributed by atoms with Gasteiger partial charge in [-0.2, -0.15) is 5.26 Å². The summed E-state index contributed by atoms with van der Waals surface area (Å²) >= 11 is 0. The SMILES string of the molecule is Cn1cncc1C(C#N)Nc1cccc(F)c1. The van der Waals surface area contributed by atoms with Gasteiger partial charge in [-0.05, 0) is 18.2 Å². The maximum Gasteiger partial charge on any atom is 0.156 e. The fourth-order valence-electron chi connectivity index (χ4n) is 1.56. The predicted molar refractivity (Wildman–Crippen MR) is 61.6 cm³/mol. The monoisotopic (exact) mass is 230 g/mol. The van der Waals surface area contributed by atoms with E-state index in [1.807, 2.05) is 0 Å². The lowest BCUT2D eigenvalue weighted by Crippen LogP contribution is -2.12. The minimum atomic E-state index is -0.552. The third-order valence-corrected chi connectivity index (χ3v) is 2.41. The summed E-state index contributed by atoms with van der Waals surface area (Å²) in [4.78, 5) is 3.95. The Kier molecular flexibility index (Phi) is 3.06. The molecule has 0 aliphatic rings. The van der Waals surface area contributed by atoms with E-state index in [-0.39, 0.29) is 5.82 Å². The van der Waals surface area contributed by atoms with Crippen LogP contribution in [0.3, 0.4) is 0 Å². The average Bonchev–Trinajstić information content (AvgIpc) is 2.72. The van der Waals surface area contributed by atoms with Crippen molar-refractivity contribution in [3.8, 4) is 6.07 Å². The molecule has 1 heterocycles. The Morgan fingerprint density at radius 3 is 2.94 bits per heavy atom. The van der Waals surface area contributed by atoms with Gasteiger partial charge in [0, 0.05) is 12.7 Å². The van der Waals surface area contributed by atoms with E-state index in [2.05, 4.69) is 16.4 Å². The molecule has 0 aliphatic heterocycles. The van der Waals surface area contributed by atoms with Gasteiger partial charge in [-0.3, -0.25) is 0 Å². The first-order valence-corrected chi connectivity index (χ1v) is 5.08. The van der Waals surface area contributed by atoms with Gasteiger partial charge >= 0.3 is 0 Å². The van der Waals surface area contributed by atoms with Crippen molar-refractivity contribution in [3.05, 3.63) is 48.3 Å². The minimum Gasteiger partial charge on any atom is -0.365 e. The quantitative estimate of drug-likeness (QED) is 0.879. The summed E-state index contributed by atoms with van der Waals surface area (Å²) in [5.41, 5.74) is 1.30. The number of hydrogen-bond acceptors (Lipinski definition) is 3. The number of benzene rings is 1. The van der Waals surface area contributed by atoms with Gasteiger partial charge in [0.1, 0.15) is 5.82 Å². The van der Waals surface area contributed by atoms with Gasteiger partial charge in [0.25, 0.3) is 0 Å². The van der Waals surface area contributed by atoms with Crippen LogP contribution in [-0.2, 0) is 7.05 Å². The zero-order valence-corrected chi connectivity index (χ0v) is 9.26. The molecule has 1 unspecified atom stereocenters. The highest BCUT2D eigenvalue weighted by Crippen LogP contribution is 2.18. The van der Waals surface area contributed by atoms with Crippen LogP contribution in [0.15, 0.2) is 36.8 Å². The van der Waals surface area contributed by atoms with E-state index in [4.69, 9.17) is 5.26 Å². The lowest BCUT2D eigenvalue weighted by atomic mass is 10.2. The minimum absolute atomic E-state index is 0.336. The van der Waals surface area contributed by atoms with Crippen LogP contribution >= 0.6 is 0 Å². The molecule has 1 N–H and O–H groups in total. The van der Waals surface area contributed by atoms with Crippen molar-refractivity contribution in [1.29, 1.82) is 5.26 Å². The lowest BCUT2D eigenvalue weighted by molar-refractivity contribution is 0.628. The van der Waals surface area contributed by atoms with Gasteiger partial charge < -0.3 is 9.88 Å². The van der Waals surface area contributed by atoms with E-state index in [9.17, 15) is 4.39 Å². The molecule has 0 fully saturated rings. The number of aromatic nitrogens is 2. The zero-order chi connectivity index (χ0) is 12.3. The van der Waals surface area contributed by atoms with E-state index < -0.39 is 6.04 Å². The molecule has 0 saturated carbocycles. The number of aryl methyl sites for hydroxylation is 1. The van der Waals surface area contributed by atoms with Crippen molar-refractivity contribution in [1.82, 2.24) is 9.55 Å². The number of hydrogen-bond donors (Lipinski definition) is 1. The van der Waals surface area contributed by atoms with E-state index in [1.54, 1.807) is 36.3 Å². The molecule has 17 heavy (non-hydrogen) atoms. The van der Waals surface area contributed by atoms with Crippen molar-refractivity contribution < 1.29 is 4.39 Å². The largest absolute Gasteiger partial charge is 0.365 e. The smallest absolute Gasteiger partial charge is 0.156 e. The highest BCUT2D eigenvalue weighted by atomic mass is 19.1. The maximum atomic E-state index is 13.0. The molecule has 4 nitrogen and oxygen atoms in total. The van der Waals surface area contributed by atoms with Crippen LogP contribution in [0, 0.1) is 17.1 Å². The van der Waals surface area contributed by atoms with E-state index in [1.165, 1.54) is 12.1 Å². The van der Waals surface area contributed by atoms with Gasteiger partial charge in [0.15, 0.2) is 6.04 Å². The molecule has 1 aromatic heterocycles. The first kappa shape index (κ1) is 11.1. The van der Waals surface area contributed by atoms with Gasteiger partial charge in [-0.1, -0.05) is 6.07 Å². The Balaban J connectivity index is 2.23. The van der Waals surface area contributed by atoms with Gasteiger partial charge in [0.2, 0.25) is 0 Å². The number of rotatable bonds is 3. The molecule has 0 spiro atoms. The molecule has 2 rings (SSSR count). The summed E-state index contributed by atoms with van der Waals surface area (Å²) in [6.07, 6.45) is 3.23. The number of nitrogens with one attached hydrogen (secondary N) is 1. The summed E-state index contributed by atoms with van der Waals surface area (Å²) in [5.74, 6) is -0.336. The summed E-state index contributed by atoms with van der Waals surface area (Å²) in [5, 5.41) is 12.1. The molecule has 5 heteroatoms. The van der Waals surface area contributed by atoms with Crippen LogP contribution in [0.1, 0.15) is 11.7 Å². The molecular formula is C12H11FN4. The van der Waals surface area contributed by atoms with Crippen molar-refractivity contribution in [2.45, 2.75) is 6.04 Å². The van der Waals surface area contributed by atoms with E-state index >= 15 is 0 Å². The molecule has 2 aromatic rings. The second-order valence-corrected chi connectivity index (χ2v) is 3.65. The maximum absolute atomic E-state index is 13.0. The molecule has 0 aliphatic carbocycles. The van der Waals surface area contributed by atoms with Gasteiger partial charge in [-0.15, -0.1) is 0 Å². The molecule has 1 aromatic carbocycles. The highest BCUT2D eigenvalue weighted by Gasteiger charge is 2.13. The molecule has 0 bridgehead atoms. The molecule has 0 saturated heterocycles. The Morgan fingerprint density at radius 1 is 1.53 bits per heavy atom. The fourth-order valence-corrected chi connectivity index (χ4v) is 1.56. The highest BCUT2D eigenvalue weighted by molar-refractivity contribution is 5.46. The van der Waals surface area contributed by atoms with Gasteiger partial charge in [-0.25, -0.2) is 9.37 Å². The second-order valence-electron chi connectivity index (χ2n) is 3.65. The van der Waals surface area contributed by atoms with Crippen LogP contribution in [-0.4, -0.2) is 9.55 Å². The molecule has 0 radical (unpaired) electrons. The molecular weight excluding hydrogens is 219 g/mol. The number of nitrogens with zero attached hydrogens (tertiary/aromatic N) is 3. The van der Waals surface area contributed by atoms with E-state index in [0.717, 1.165) is 5.69 Å². The molecule has 0 amide bonds. The third-order valence-electron chi connectivity index (χ3n) is 2.41. The summed E-state index contributed by atoms with van der Waals surface area (Å²) in [6.45, 7) is 0. The Hall–Kier alpha value is -2.35. The fraction of sp³-hybridized carbons (Fsp3) is 0.167. The molecule has 86 valence electrons. The standard InChI is InChI=1S/C12H11FN4/c1-17-8-15-7-12(17)11(6-14)16-10-4-2-3-9(13)5-10/h2-5,7-8,11,16H,1H3. The first-order valence-electron chi connectivity index (χ1n) is 5.08. The first-order chi connectivity index (χ1) is 8.20. The molecule has 1 atom stereocenters. The van der Waals surface area contributed by atoms with Crippen LogP contribution in [0.2, 0.25) is 0 Å². The number of imidazole rings is 1. The number of anilines is 1. The van der Waals surface area contributed by atoms with Crippen molar-refractivity contribution >= 4 is 5.69 Å². The van der Waals surface area contributed by atoms with Crippen molar-refractivity contribution in [3.63, 3.8) is 0 Å². The van der Waals surface area contributed by atoms with Crippen LogP contribution < -0.4 is 5.32 Å². The van der Waals surface area contributed by atoms with Crippen molar-refractivity contribution in [2.24, 2.45) is 7.05 Å². The predicted octanol–water partition coefficient (Wildman–Crippen LogP) is 2.24. The summed E-state index contributed by atoms with van der Waals surface area (Å²) in [7, 11) is 1.81. The van der Waals surface area contributed by atoms with E-state index in [0.29, 0.717) is 5.69 Å². The Bertz CT molecular complexity index is 556. The van der Waals surface area contributed by atoms with Crippen LogP contribution in [0.25, 0.3) is 0 Å². The van der Waals surface area contributed by atoms with Crippen LogP contribution in [0.5, 0.6) is 0 Å². The zero-order valence-electron chi connectivity index (χ0n) is 9.26.